The summed E-state index contributed by atoms with van der Waals surface area (Å²) in [6, 6.07) is 21.5. The number of hydrogen-bond donors (Lipinski definition) is 0. The van der Waals surface area contributed by atoms with Crippen LogP contribution in [-0.4, -0.2) is 25.0 Å². The first-order chi connectivity index (χ1) is 16.2. The van der Waals surface area contributed by atoms with Crippen molar-refractivity contribution in [2.75, 3.05) is 6.26 Å². The highest BCUT2D eigenvalue weighted by Crippen LogP contribution is 2.33. The maximum Gasteiger partial charge on any atom is 0.259 e. The third-order valence-electron chi connectivity index (χ3n) is 5.73. The van der Waals surface area contributed by atoms with Gasteiger partial charge in [0.1, 0.15) is 0 Å². The quantitative estimate of drug-likeness (QED) is 0.276. The van der Waals surface area contributed by atoms with Gasteiger partial charge in [-0.05, 0) is 53.3 Å². The summed E-state index contributed by atoms with van der Waals surface area (Å²) in [6.45, 7) is 2.09. The largest absolute Gasteiger partial charge is 0.300 e. The van der Waals surface area contributed by atoms with Crippen molar-refractivity contribution in [3.63, 3.8) is 0 Å². The van der Waals surface area contributed by atoms with Gasteiger partial charge in [-0.2, -0.15) is 0 Å². The Morgan fingerprint density at radius 2 is 1.62 bits per heavy atom. The monoisotopic (exact) mass is 537 g/mol. The van der Waals surface area contributed by atoms with E-state index in [0.717, 1.165) is 27.4 Å². The molecule has 0 aliphatic carbocycles. The average molecular weight is 538 g/mol. The number of halogens is 1. The number of benzene rings is 3. The van der Waals surface area contributed by atoms with Crippen LogP contribution in [0.25, 0.3) is 21.9 Å². The van der Waals surface area contributed by atoms with Gasteiger partial charge in [-0.3, -0.25) is 14.2 Å². The van der Waals surface area contributed by atoms with E-state index >= 15 is 0 Å². The molecule has 4 aromatic rings. The SMILES string of the molecule is CCCC(=O)c1c(-c2ccccc2)c2cc(Br)ccc2c(=O)n1Cc1ccc(S(C)(=O)=O)cc1. The Hall–Kier alpha value is -3.03. The lowest BCUT2D eigenvalue weighted by Crippen LogP contribution is -2.28. The Labute approximate surface area is 207 Å². The van der Waals surface area contributed by atoms with E-state index in [9.17, 15) is 18.0 Å². The number of rotatable bonds is 7. The first-order valence-electron chi connectivity index (χ1n) is 10.9. The second kappa shape index (κ2) is 9.68. The Kier molecular flexibility index (Phi) is 6.86. The van der Waals surface area contributed by atoms with E-state index in [0.29, 0.717) is 29.3 Å². The topological polar surface area (TPSA) is 73.2 Å². The van der Waals surface area contributed by atoms with Crippen LogP contribution in [0.5, 0.6) is 0 Å². The third kappa shape index (κ3) is 4.76. The molecule has 0 fully saturated rings. The number of aromatic nitrogens is 1. The van der Waals surface area contributed by atoms with Crippen LogP contribution >= 0.6 is 15.9 Å². The number of fused-ring (bicyclic) bond motifs is 1. The van der Waals surface area contributed by atoms with Crippen LogP contribution in [0.2, 0.25) is 0 Å². The van der Waals surface area contributed by atoms with Gasteiger partial charge in [-0.1, -0.05) is 65.3 Å². The molecule has 0 radical (unpaired) electrons. The van der Waals surface area contributed by atoms with Crippen molar-refractivity contribution in [1.82, 2.24) is 4.57 Å². The summed E-state index contributed by atoms with van der Waals surface area (Å²) in [7, 11) is -3.33. The van der Waals surface area contributed by atoms with Gasteiger partial charge in [0, 0.05) is 28.1 Å². The van der Waals surface area contributed by atoms with Crippen molar-refractivity contribution in [2.24, 2.45) is 0 Å². The maximum absolute atomic E-state index is 13.7. The number of Topliss-reactive ketones (excluding diaryl/α,β-unsaturated/α-hetero) is 1. The second-order valence-electron chi connectivity index (χ2n) is 8.26. The first kappa shape index (κ1) is 24.1. The Balaban J connectivity index is 2.03. The van der Waals surface area contributed by atoms with E-state index in [-0.39, 0.29) is 22.8 Å². The molecule has 1 heterocycles. The van der Waals surface area contributed by atoms with Crippen LogP contribution in [-0.2, 0) is 16.4 Å². The van der Waals surface area contributed by atoms with Gasteiger partial charge in [0.25, 0.3) is 5.56 Å². The van der Waals surface area contributed by atoms with Crippen molar-refractivity contribution >= 4 is 42.3 Å². The fourth-order valence-corrected chi connectivity index (χ4v) is 5.12. The van der Waals surface area contributed by atoms with E-state index in [4.69, 9.17) is 0 Å². The van der Waals surface area contributed by atoms with E-state index in [1.165, 1.54) is 16.7 Å². The molecule has 3 aromatic carbocycles. The van der Waals surface area contributed by atoms with E-state index < -0.39 is 9.84 Å². The summed E-state index contributed by atoms with van der Waals surface area (Å²) < 4.78 is 26.0. The summed E-state index contributed by atoms with van der Waals surface area (Å²) in [5.74, 6) is -0.104. The number of hydrogen-bond acceptors (Lipinski definition) is 4. The molecule has 0 amide bonds. The lowest BCUT2D eigenvalue weighted by molar-refractivity contribution is 0.0973. The van der Waals surface area contributed by atoms with Gasteiger partial charge in [0.05, 0.1) is 17.1 Å². The predicted octanol–water partition coefficient (Wildman–Crippen LogP) is 5.87. The molecule has 0 aliphatic rings. The molecular weight excluding hydrogens is 514 g/mol. The standard InChI is InChI=1S/C27H24BrNO4S/c1-3-7-24(30)26-25(19-8-5-4-6-9-19)23-16-20(28)12-15-22(23)27(31)29(26)17-18-10-13-21(14-11-18)34(2,32)33/h4-6,8-16H,3,7,17H2,1-2H3. The van der Waals surface area contributed by atoms with E-state index in [2.05, 4.69) is 15.9 Å². The zero-order chi connectivity index (χ0) is 24.5. The molecule has 0 atom stereocenters. The van der Waals surface area contributed by atoms with Gasteiger partial charge in [0.15, 0.2) is 15.6 Å². The smallest absolute Gasteiger partial charge is 0.259 e. The molecule has 34 heavy (non-hydrogen) atoms. The highest BCUT2D eigenvalue weighted by molar-refractivity contribution is 9.10. The number of pyridine rings is 1. The summed E-state index contributed by atoms with van der Waals surface area (Å²) in [5, 5.41) is 1.23. The zero-order valence-corrected chi connectivity index (χ0v) is 21.3. The molecule has 0 aliphatic heterocycles. The Bertz CT molecular complexity index is 1540. The van der Waals surface area contributed by atoms with Crippen LogP contribution in [0, 0.1) is 0 Å². The Morgan fingerprint density at radius 3 is 2.24 bits per heavy atom. The normalized spacial score (nSPS) is 11.6. The van der Waals surface area contributed by atoms with Crippen molar-refractivity contribution in [2.45, 2.75) is 31.2 Å². The molecule has 0 saturated heterocycles. The van der Waals surface area contributed by atoms with Gasteiger partial charge in [-0.15, -0.1) is 0 Å². The molecule has 1 aromatic heterocycles. The van der Waals surface area contributed by atoms with Crippen LogP contribution in [0.4, 0.5) is 0 Å². The maximum atomic E-state index is 13.7. The number of nitrogens with zero attached hydrogens (tertiary/aromatic N) is 1. The minimum atomic E-state index is -3.33. The fourth-order valence-electron chi connectivity index (χ4n) is 4.13. The minimum absolute atomic E-state index is 0.104. The van der Waals surface area contributed by atoms with Gasteiger partial charge >= 0.3 is 0 Å². The van der Waals surface area contributed by atoms with Crippen LogP contribution < -0.4 is 5.56 Å². The number of carbonyl (C=O) groups excluding carboxylic acids is 1. The third-order valence-corrected chi connectivity index (χ3v) is 7.35. The molecule has 174 valence electrons. The summed E-state index contributed by atoms with van der Waals surface area (Å²) in [4.78, 5) is 27.4. The highest BCUT2D eigenvalue weighted by atomic mass is 79.9. The van der Waals surface area contributed by atoms with Gasteiger partial charge in [0.2, 0.25) is 0 Å². The van der Waals surface area contributed by atoms with E-state index in [1.807, 2.05) is 49.4 Å². The minimum Gasteiger partial charge on any atom is -0.300 e. The molecule has 0 saturated carbocycles. The summed E-state index contributed by atoms with van der Waals surface area (Å²) in [5.41, 5.74) is 2.43. The van der Waals surface area contributed by atoms with Crippen LogP contribution in [0.3, 0.4) is 0 Å². The van der Waals surface area contributed by atoms with E-state index in [1.54, 1.807) is 18.2 Å². The van der Waals surface area contributed by atoms with Crippen molar-refractivity contribution < 1.29 is 13.2 Å². The van der Waals surface area contributed by atoms with Crippen molar-refractivity contribution in [3.05, 3.63) is 98.9 Å². The molecule has 0 spiro atoms. The number of carbonyl (C=O) groups is 1. The highest BCUT2D eigenvalue weighted by Gasteiger charge is 2.23. The molecule has 4 rings (SSSR count). The van der Waals surface area contributed by atoms with Crippen LogP contribution in [0.15, 0.2) is 87.0 Å². The first-order valence-corrected chi connectivity index (χ1v) is 13.6. The van der Waals surface area contributed by atoms with Gasteiger partial charge < -0.3 is 0 Å². The zero-order valence-electron chi connectivity index (χ0n) is 18.9. The summed E-state index contributed by atoms with van der Waals surface area (Å²) >= 11 is 3.51. The number of ketones is 1. The molecule has 0 unspecified atom stereocenters. The van der Waals surface area contributed by atoms with Gasteiger partial charge in [-0.25, -0.2) is 8.42 Å². The molecule has 0 bridgehead atoms. The second-order valence-corrected chi connectivity index (χ2v) is 11.2. The molecule has 7 heteroatoms. The van der Waals surface area contributed by atoms with Crippen LogP contribution in [0.1, 0.15) is 35.8 Å². The average Bonchev–Trinajstić information content (AvgIpc) is 2.81. The Morgan fingerprint density at radius 1 is 0.941 bits per heavy atom. The predicted molar refractivity (Wildman–Crippen MR) is 139 cm³/mol. The molecular formula is C27H24BrNO4S. The lowest BCUT2D eigenvalue weighted by Gasteiger charge is -2.20. The van der Waals surface area contributed by atoms with Crippen molar-refractivity contribution in [1.29, 1.82) is 0 Å². The van der Waals surface area contributed by atoms with Crippen molar-refractivity contribution in [3.8, 4) is 11.1 Å². The number of sulfone groups is 1. The fraction of sp³-hybridized carbons (Fsp3) is 0.185. The summed E-state index contributed by atoms with van der Waals surface area (Å²) in [6.07, 6.45) is 2.12. The lowest BCUT2D eigenvalue weighted by atomic mass is 9.93. The molecule has 0 N–H and O–H groups in total. The molecule has 5 nitrogen and oxygen atoms in total.